The number of anilines is 1. The van der Waals surface area contributed by atoms with Gasteiger partial charge in [0.15, 0.2) is 11.6 Å². The summed E-state index contributed by atoms with van der Waals surface area (Å²) < 4.78 is 18.1. The Labute approximate surface area is 202 Å². The van der Waals surface area contributed by atoms with Crippen molar-refractivity contribution >= 4 is 5.95 Å². The van der Waals surface area contributed by atoms with Crippen LogP contribution < -0.4 is 14.4 Å². The second-order valence-corrected chi connectivity index (χ2v) is 7.77. The predicted molar refractivity (Wildman–Crippen MR) is 126 cm³/mol. The first-order valence-electron chi connectivity index (χ1n) is 11.0. The van der Waals surface area contributed by atoms with Gasteiger partial charge in [-0.25, -0.2) is 5.26 Å². The van der Waals surface area contributed by atoms with Gasteiger partial charge in [-0.05, 0) is 31.9 Å². The van der Waals surface area contributed by atoms with E-state index in [9.17, 15) is 0 Å². The van der Waals surface area contributed by atoms with Crippen molar-refractivity contribution in [1.82, 2.24) is 34.9 Å². The van der Waals surface area contributed by atoms with Gasteiger partial charge in [0, 0.05) is 31.3 Å². The summed E-state index contributed by atoms with van der Waals surface area (Å²) in [6, 6.07) is 9.93. The van der Waals surface area contributed by atoms with Crippen molar-refractivity contribution < 1.29 is 14.0 Å². The minimum atomic E-state index is 0.211. The predicted octanol–water partition coefficient (Wildman–Crippen LogP) is 3.05. The Morgan fingerprint density at radius 2 is 1.86 bits per heavy atom. The quantitative estimate of drug-likeness (QED) is 0.406. The largest absolute Gasteiger partial charge is 0.481 e. The molecule has 0 bridgehead atoms. The molecule has 0 amide bonds. The van der Waals surface area contributed by atoms with Crippen molar-refractivity contribution in [2.75, 3.05) is 25.7 Å². The lowest BCUT2D eigenvalue weighted by molar-refractivity contribution is 0.352. The third kappa shape index (κ3) is 5.03. The molecule has 5 rings (SSSR count). The van der Waals surface area contributed by atoms with Gasteiger partial charge in [0.1, 0.15) is 5.69 Å². The van der Waals surface area contributed by atoms with Gasteiger partial charge in [0.05, 0.1) is 20.8 Å². The summed E-state index contributed by atoms with van der Waals surface area (Å²) in [6.45, 7) is 7.57. The Bertz CT molecular complexity index is 1290. The fraction of sp³-hybridized carbons (Fsp3) is 0.348. The number of nitriles is 1. The van der Waals surface area contributed by atoms with E-state index in [4.69, 9.17) is 19.3 Å². The number of rotatable bonds is 6. The van der Waals surface area contributed by atoms with Gasteiger partial charge in [-0.15, -0.1) is 10.2 Å². The zero-order valence-electron chi connectivity index (χ0n) is 19.7. The highest BCUT2D eigenvalue weighted by Gasteiger charge is 2.25. The lowest BCUT2D eigenvalue weighted by Crippen LogP contribution is -2.25. The van der Waals surface area contributed by atoms with Crippen LogP contribution in [0.2, 0.25) is 0 Å². The molecule has 4 aromatic rings. The summed E-state index contributed by atoms with van der Waals surface area (Å²) in [5.74, 6) is 2.86. The van der Waals surface area contributed by atoms with Crippen molar-refractivity contribution in [3.63, 3.8) is 0 Å². The Hall–Kier alpha value is -4.53. The number of nitrogens with zero attached hydrogens (tertiary/aromatic N) is 9. The van der Waals surface area contributed by atoms with Crippen LogP contribution in [0, 0.1) is 18.8 Å². The lowest BCUT2D eigenvalue weighted by atomic mass is 10.1. The van der Waals surface area contributed by atoms with E-state index in [1.54, 1.807) is 13.2 Å². The second kappa shape index (κ2) is 10.6. The molecular formula is C23H25N9O3. The average Bonchev–Trinajstić information content (AvgIpc) is 3.49. The topological polar surface area (TPSA) is 141 Å². The molecule has 0 N–H and O–H groups in total. The summed E-state index contributed by atoms with van der Waals surface area (Å²) in [5, 5.41) is 19.6. The molecule has 1 aliphatic heterocycles. The van der Waals surface area contributed by atoms with Gasteiger partial charge in [0.2, 0.25) is 11.8 Å². The number of aromatic nitrogens is 7. The monoisotopic (exact) mass is 475 g/mol. The van der Waals surface area contributed by atoms with Crippen LogP contribution in [0.3, 0.4) is 0 Å². The Morgan fingerprint density at radius 1 is 1.03 bits per heavy atom. The molecule has 3 aromatic heterocycles. The van der Waals surface area contributed by atoms with E-state index in [0.29, 0.717) is 35.7 Å². The van der Waals surface area contributed by atoms with Gasteiger partial charge < -0.3 is 18.9 Å². The first kappa shape index (κ1) is 23.6. The van der Waals surface area contributed by atoms with Crippen LogP contribution in [-0.4, -0.2) is 55.6 Å². The van der Waals surface area contributed by atoms with Crippen LogP contribution >= 0.6 is 0 Å². The summed E-state index contributed by atoms with van der Waals surface area (Å²) in [4.78, 5) is 15.3. The molecular weight excluding hydrogens is 450 g/mol. The molecule has 0 unspecified atom stereocenters. The van der Waals surface area contributed by atoms with E-state index in [-0.39, 0.29) is 6.01 Å². The highest BCUT2D eigenvalue weighted by molar-refractivity contribution is 5.56. The number of methoxy groups -OCH3 is 2. The molecule has 0 spiro atoms. The van der Waals surface area contributed by atoms with Crippen molar-refractivity contribution in [3.8, 4) is 41.4 Å². The van der Waals surface area contributed by atoms with Gasteiger partial charge in [-0.2, -0.15) is 15.0 Å². The van der Waals surface area contributed by atoms with Crippen molar-refractivity contribution in [3.05, 3.63) is 41.7 Å². The minimum absolute atomic E-state index is 0.211. The smallest absolute Gasteiger partial charge is 0.320 e. The standard InChI is InChI=1S/C22H24N8O3.CHN/c1-14-7-6-8-15(11-14)20-24-17(28-33-20)13-29-9-4-5-10-30-19(26-27-22(29)30)16-12-18(31-2)25-21(23-16)32-3;1-2/h6-8,11-12H,4-5,9-10,13H2,1-3H3;1H. The van der Waals surface area contributed by atoms with E-state index < -0.39 is 0 Å². The summed E-state index contributed by atoms with van der Waals surface area (Å²) >= 11 is 0. The first-order chi connectivity index (χ1) is 17.1. The molecule has 0 fully saturated rings. The second-order valence-electron chi connectivity index (χ2n) is 7.77. The number of benzene rings is 1. The Balaban J connectivity index is 0.00000141. The van der Waals surface area contributed by atoms with Crippen LogP contribution in [0.5, 0.6) is 11.9 Å². The summed E-state index contributed by atoms with van der Waals surface area (Å²) in [5.41, 5.74) is 2.63. The number of hydrogen-bond donors (Lipinski definition) is 0. The van der Waals surface area contributed by atoms with Crippen LogP contribution in [0.1, 0.15) is 24.2 Å². The number of hydrogen-bond acceptors (Lipinski definition) is 11. The van der Waals surface area contributed by atoms with Crippen LogP contribution in [0.4, 0.5) is 5.95 Å². The fourth-order valence-electron chi connectivity index (χ4n) is 3.84. The molecule has 0 saturated heterocycles. The normalized spacial score (nSPS) is 12.8. The van der Waals surface area contributed by atoms with E-state index in [1.165, 1.54) is 7.11 Å². The Kier molecular flexibility index (Phi) is 7.15. The van der Waals surface area contributed by atoms with Crippen molar-refractivity contribution in [2.24, 2.45) is 0 Å². The highest BCUT2D eigenvalue weighted by Crippen LogP contribution is 2.28. The summed E-state index contributed by atoms with van der Waals surface area (Å²) in [6.07, 6.45) is 1.98. The highest BCUT2D eigenvalue weighted by atomic mass is 16.5. The molecule has 0 saturated carbocycles. The zero-order chi connectivity index (χ0) is 24.8. The molecule has 12 nitrogen and oxygen atoms in total. The molecule has 12 heteroatoms. The van der Waals surface area contributed by atoms with Crippen molar-refractivity contribution in [2.45, 2.75) is 32.9 Å². The van der Waals surface area contributed by atoms with Crippen LogP contribution in [-0.2, 0) is 13.1 Å². The van der Waals surface area contributed by atoms with E-state index in [1.807, 2.05) is 31.2 Å². The number of aryl methyl sites for hydroxylation is 1. The summed E-state index contributed by atoms with van der Waals surface area (Å²) in [7, 11) is 3.06. The van der Waals surface area contributed by atoms with Crippen LogP contribution in [0.25, 0.3) is 23.0 Å². The SMILES string of the molecule is C#N.COc1cc(-c2nnc3n2CCCCN3Cc2noc(-c3cccc(C)c3)n2)nc(OC)n1. The molecule has 1 aliphatic rings. The lowest BCUT2D eigenvalue weighted by Gasteiger charge is -2.19. The molecule has 35 heavy (non-hydrogen) atoms. The molecule has 180 valence electrons. The zero-order valence-corrected chi connectivity index (χ0v) is 19.7. The first-order valence-corrected chi connectivity index (χ1v) is 11.0. The molecule has 0 atom stereocenters. The third-order valence-corrected chi connectivity index (χ3v) is 5.44. The minimum Gasteiger partial charge on any atom is -0.481 e. The molecule has 4 heterocycles. The third-order valence-electron chi connectivity index (χ3n) is 5.44. The maximum Gasteiger partial charge on any atom is 0.320 e. The van der Waals surface area contributed by atoms with Crippen molar-refractivity contribution in [1.29, 1.82) is 5.26 Å². The van der Waals surface area contributed by atoms with E-state index >= 15 is 0 Å². The molecule has 1 aromatic carbocycles. The van der Waals surface area contributed by atoms with Gasteiger partial charge in [-0.3, -0.25) is 4.57 Å². The van der Waals surface area contributed by atoms with Gasteiger partial charge in [-0.1, -0.05) is 22.9 Å². The van der Waals surface area contributed by atoms with Crippen LogP contribution in [0.15, 0.2) is 34.9 Å². The van der Waals surface area contributed by atoms with E-state index in [2.05, 4.69) is 46.3 Å². The van der Waals surface area contributed by atoms with Gasteiger partial charge in [0.25, 0.3) is 5.89 Å². The maximum atomic E-state index is 6.50. The molecule has 0 radical (unpaired) electrons. The fourth-order valence-corrected chi connectivity index (χ4v) is 3.84. The number of ether oxygens (including phenoxy) is 2. The maximum absolute atomic E-state index is 6.50. The van der Waals surface area contributed by atoms with E-state index in [0.717, 1.165) is 43.0 Å². The Morgan fingerprint density at radius 3 is 2.63 bits per heavy atom. The number of fused-ring (bicyclic) bond motifs is 1. The average molecular weight is 476 g/mol. The van der Waals surface area contributed by atoms with Gasteiger partial charge >= 0.3 is 6.01 Å². The molecule has 0 aliphatic carbocycles.